The third-order valence-electron chi connectivity index (χ3n) is 5.29. The van der Waals surface area contributed by atoms with Gasteiger partial charge in [0, 0.05) is 41.7 Å². The summed E-state index contributed by atoms with van der Waals surface area (Å²) in [5.41, 5.74) is 0.771. The molecule has 10 heteroatoms. The molecule has 1 aliphatic rings. The maximum Gasteiger partial charge on any atom is 0.243 e. The zero-order valence-corrected chi connectivity index (χ0v) is 19.6. The number of ether oxygens (including phenoxy) is 2. The van der Waals surface area contributed by atoms with E-state index in [1.165, 1.54) is 30.7 Å². The summed E-state index contributed by atoms with van der Waals surface area (Å²) in [6.07, 6.45) is 0.874. The van der Waals surface area contributed by atoms with E-state index in [9.17, 15) is 13.2 Å². The van der Waals surface area contributed by atoms with E-state index in [-0.39, 0.29) is 29.8 Å². The molecule has 1 fully saturated rings. The standard InChI is InChI=1S/C21H24Cl2N2O5S/c1-29-19-6-5-17(12-20(19)30-2)31(27,28)25-9-7-14(8-10-25)21(26)24-13-15-3-4-16(22)11-18(15)23/h3-6,11-12,14H,7-10,13H2,1-2H3,(H,24,26). The first-order valence-electron chi connectivity index (χ1n) is 9.70. The van der Waals surface area contributed by atoms with E-state index in [1.54, 1.807) is 24.3 Å². The number of rotatable bonds is 7. The lowest BCUT2D eigenvalue weighted by atomic mass is 9.97. The predicted octanol–water partition coefficient (Wildman–Crippen LogP) is 3.73. The van der Waals surface area contributed by atoms with Crippen LogP contribution in [0.3, 0.4) is 0 Å². The number of carbonyl (C=O) groups is 1. The molecule has 0 unspecified atom stereocenters. The van der Waals surface area contributed by atoms with E-state index >= 15 is 0 Å². The first-order chi connectivity index (χ1) is 14.8. The maximum absolute atomic E-state index is 13.0. The zero-order valence-electron chi connectivity index (χ0n) is 17.2. The Kier molecular flexibility index (Phi) is 7.69. The number of nitrogens with zero attached hydrogens (tertiary/aromatic N) is 1. The normalized spacial score (nSPS) is 15.5. The lowest BCUT2D eigenvalue weighted by molar-refractivity contribution is -0.126. The van der Waals surface area contributed by atoms with Crippen molar-refractivity contribution in [1.82, 2.24) is 9.62 Å². The van der Waals surface area contributed by atoms with Crippen LogP contribution >= 0.6 is 23.2 Å². The molecule has 0 aliphatic carbocycles. The molecule has 2 aromatic carbocycles. The van der Waals surface area contributed by atoms with Crippen molar-refractivity contribution in [3.63, 3.8) is 0 Å². The minimum Gasteiger partial charge on any atom is -0.493 e. The Hall–Kier alpha value is -2.00. The van der Waals surface area contributed by atoms with Gasteiger partial charge in [0.2, 0.25) is 15.9 Å². The molecule has 1 amide bonds. The SMILES string of the molecule is COc1ccc(S(=O)(=O)N2CCC(C(=O)NCc3ccc(Cl)cc3Cl)CC2)cc1OC. The molecular formula is C21H24Cl2N2O5S. The number of hydrogen-bond donors (Lipinski definition) is 1. The maximum atomic E-state index is 13.0. The lowest BCUT2D eigenvalue weighted by Crippen LogP contribution is -2.42. The molecule has 0 aromatic heterocycles. The molecule has 1 N–H and O–H groups in total. The number of amides is 1. The number of sulfonamides is 1. The highest BCUT2D eigenvalue weighted by Gasteiger charge is 2.32. The summed E-state index contributed by atoms with van der Waals surface area (Å²) >= 11 is 12.0. The van der Waals surface area contributed by atoms with Gasteiger partial charge in [0.25, 0.3) is 0 Å². The molecule has 1 saturated heterocycles. The molecule has 0 saturated carbocycles. The van der Waals surface area contributed by atoms with E-state index in [4.69, 9.17) is 32.7 Å². The molecule has 0 spiro atoms. The summed E-state index contributed by atoms with van der Waals surface area (Å²) in [7, 11) is -0.755. The molecule has 7 nitrogen and oxygen atoms in total. The smallest absolute Gasteiger partial charge is 0.243 e. The van der Waals surface area contributed by atoms with Gasteiger partial charge in [-0.1, -0.05) is 29.3 Å². The first-order valence-corrected chi connectivity index (χ1v) is 11.9. The monoisotopic (exact) mass is 486 g/mol. The highest BCUT2D eigenvalue weighted by Crippen LogP contribution is 2.32. The average Bonchev–Trinajstić information content (AvgIpc) is 2.77. The fourth-order valence-electron chi connectivity index (χ4n) is 3.48. The van der Waals surface area contributed by atoms with Crippen LogP contribution in [0.15, 0.2) is 41.3 Å². The van der Waals surface area contributed by atoms with E-state index in [1.807, 2.05) is 0 Å². The fourth-order valence-corrected chi connectivity index (χ4v) is 5.44. The van der Waals surface area contributed by atoms with Gasteiger partial charge in [-0.25, -0.2) is 8.42 Å². The molecule has 0 bridgehead atoms. The number of piperidine rings is 1. The Balaban J connectivity index is 1.60. The molecule has 31 heavy (non-hydrogen) atoms. The Bertz CT molecular complexity index is 1050. The zero-order chi connectivity index (χ0) is 22.6. The second-order valence-electron chi connectivity index (χ2n) is 7.15. The van der Waals surface area contributed by atoms with Gasteiger partial charge in [-0.15, -0.1) is 0 Å². The summed E-state index contributed by atoms with van der Waals surface area (Å²) in [6.45, 7) is 0.811. The quantitative estimate of drug-likeness (QED) is 0.644. The molecule has 1 heterocycles. The number of hydrogen-bond acceptors (Lipinski definition) is 5. The highest BCUT2D eigenvalue weighted by molar-refractivity contribution is 7.89. The van der Waals surface area contributed by atoms with Crippen molar-refractivity contribution in [1.29, 1.82) is 0 Å². The van der Waals surface area contributed by atoms with E-state index < -0.39 is 10.0 Å². The van der Waals surface area contributed by atoms with Crippen LogP contribution in [0.2, 0.25) is 10.0 Å². The summed E-state index contributed by atoms with van der Waals surface area (Å²) in [5, 5.41) is 3.90. The van der Waals surface area contributed by atoms with Crippen LogP contribution < -0.4 is 14.8 Å². The Morgan fingerprint density at radius 3 is 2.35 bits per heavy atom. The van der Waals surface area contributed by atoms with Gasteiger partial charge in [0.05, 0.1) is 19.1 Å². The lowest BCUT2D eigenvalue weighted by Gasteiger charge is -2.30. The van der Waals surface area contributed by atoms with Crippen molar-refractivity contribution in [2.75, 3.05) is 27.3 Å². The second-order valence-corrected chi connectivity index (χ2v) is 9.93. The number of carbonyl (C=O) groups excluding carboxylic acids is 1. The van der Waals surface area contributed by atoms with Gasteiger partial charge in [0.1, 0.15) is 0 Å². The minimum absolute atomic E-state index is 0.116. The van der Waals surface area contributed by atoms with Crippen LogP contribution in [-0.4, -0.2) is 45.9 Å². The molecular weight excluding hydrogens is 463 g/mol. The number of nitrogens with one attached hydrogen (secondary N) is 1. The Morgan fingerprint density at radius 2 is 1.74 bits per heavy atom. The van der Waals surface area contributed by atoms with Crippen LogP contribution in [-0.2, 0) is 21.4 Å². The van der Waals surface area contributed by atoms with Gasteiger partial charge < -0.3 is 14.8 Å². The first kappa shape index (κ1) is 23.7. The predicted molar refractivity (Wildman–Crippen MR) is 119 cm³/mol. The van der Waals surface area contributed by atoms with Gasteiger partial charge in [-0.3, -0.25) is 4.79 Å². The second kappa shape index (κ2) is 10.1. The van der Waals surface area contributed by atoms with Crippen molar-refractivity contribution in [2.45, 2.75) is 24.3 Å². The summed E-state index contributed by atoms with van der Waals surface area (Å²) in [5.74, 6) is 0.424. The molecule has 2 aromatic rings. The third-order valence-corrected chi connectivity index (χ3v) is 7.77. The van der Waals surface area contributed by atoms with E-state index in [0.29, 0.717) is 40.9 Å². The molecule has 0 atom stereocenters. The van der Waals surface area contributed by atoms with Gasteiger partial charge >= 0.3 is 0 Å². The van der Waals surface area contributed by atoms with Crippen LogP contribution in [0.25, 0.3) is 0 Å². The van der Waals surface area contributed by atoms with Crippen molar-refractivity contribution in [3.05, 3.63) is 52.0 Å². The molecule has 168 valence electrons. The van der Waals surface area contributed by atoms with Gasteiger partial charge in [-0.2, -0.15) is 4.31 Å². The average molecular weight is 487 g/mol. The molecule has 3 rings (SSSR count). The summed E-state index contributed by atoms with van der Waals surface area (Å²) in [6, 6.07) is 9.61. The van der Waals surface area contributed by atoms with Gasteiger partial charge in [-0.05, 0) is 42.7 Å². The van der Waals surface area contributed by atoms with Crippen molar-refractivity contribution in [3.8, 4) is 11.5 Å². The van der Waals surface area contributed by atoms with E-state index in [0.717, 1.165) is 5.56 Å². The Labute approximate surface area is 192 Å². The fraction of sp³-hybridized carbons (Fsp3) is 0.381. The molecule has 1 aliphatic heterocycles. The number of benzene rings is 2. The van der Waals surface area contributed by atoms with Crippen LogP contribution in [0, 0.1) is 5.92 Å². The number of methoxy groups -OCH3 is 2. The molecule has 0 radical (unpaired) electrons. The van der Waals surface area contributed by atoms with Crippen LogP contribution in [0.1, 0.15) is 18.4 Å². The van der Waals surface area contributed by atoms with Gasteiger partial charge in [0.15, 0.2) is 11.5 Å². The van der Waals surface area contributed by atoms with Crippen molar-refractivity contribution < 1.29 is 22.7 Å². The minimum atomic E-state index is -3.70. The van der Waals surface area contributed by atoms with Crippen LogP contribution in [0.4, 0.5) is 0 Å². The summed E-state index contributed by atoms with van der Waals surface area (Å²) in [4.78, 5) is 12.7. The number of halogens is 2. The Morgan fingerprint density at radius 1 is 1.06 bits per heavy atom. The van der Waals surface area contributed by atoms with Crippen molar-refractivity contribution in [2.24, 2.45) is 5.92 Å². The highest BCUT2D eigenvalue weighted by atomic mass is 35.5. The summed E-state index contributed by atoms with van der Waals surface area (Å²) < 4.78 is 37.8. The van der Waals surface area contributed by atoms with Crippen molar-refractivity contribution >= 4 is 39.1 Å². The topological polar surface area (TPSA) is 84.9 Å². The van der Waals surface area contributed by atoms with Crippen LogP contribution in [0.5, 0.6) is 11.5 Å². The largest absolute Gasteiger partial charge is 0.493 e. The third kappa shape index (κ3) is 5.44. The van der Waals surface area contributed by atoms with E-state index in [2.05, 4.69) is 5.32 Å².